The second kappa shape index (κ2) is 9.87. The lowest BCUT2D eigenvalue weighted by molar-refractivity contribution is 0.0951. The third kappa shape index (κ3) is 5.07. The number of furan rings is 1. The molecule has 5 aromatic rings. The van der Waals surface area contributed by atoms with E-state index in [0.29, 0.717) is 11.3 Å². The smallest absolute Gasteiger partial charge is 0.293 e. The Morgan fingerprint density at radius 1 is 0.892 bits per heavy atom. The summed E-state index contributed by atoms with van der Waals surface area (Å²) in [5.74, 6) is 1.12. The third-order valence-corrected chi connectivity index (χ3v) is 6.33. The monoisotopic (exact) mass is 511 g/mol. The zero-order chi connectivity index (χ0) is 26.1. The van der Waals surface area contributed by atoms with Gasteiger partial charge < -0.3 is 14.5 Å². The molecule has 5 rings (SSSR count). The van der Waals surface area contributed by atoms with Gasteiger partial charge in [-0.25, -0.2) is 0 Å². The highest BCUT2D eigenvalue weighted by atomic mass is 32.1. The molecule has 1 amide bonds. The Kier molecular flexibility index (Phi) is 6.45. The fraction of sp³-hybridized carbons (Fsp3) is 0.143. The van der Waals surface area contributed by atoms with Gasteiger partial charge >= 0.3 is 0 Å². The van der Waals surface area contributed by atoms with Crippen LogP contribution in [0.4, 0.5) is 5.69 Å². The average molecular weight is 512 g/mol. The summed E-state index contributed by atoms with van der Waals surface area (Å²) in [6, 6.07) is 20.7. The highest BCUT2D eigenvalue weighted by molar-refractivity contribution is 7.80. The molecule has 0 spiro atoms. The van der Waals surface area contributed by atoms with E-state index in [4.69, 9.17) is 21.4 Å². The Balaban J connectivity index is 1.29. The number of benzene rings is 3. The first-order valence-electron chi connectivity index (χ1n) is 11.6. The summed E-state index contributed by atoms with van der Waals surface area (Å²) >= 11 is 5.39. The van der Waals surface area contributed by atoms with Gasteiger partial charge in [-0.1, -0.05) is 12.1 Å². The number of anilines is 1. The number of carbonyl (C=O) groups is 1. The SMILES string of the molecule is COc1ccc(-n2nc3cc(C)c(NC(=S)NC(=O)c4ccc(-c5ccc(C)c(C)c5)o4)cc3n2)cc1. The molecule has 37 heavy (non-hydrogen) atoms. The van der Waals surface area contributed by atoms with Crippen molar-refractivity contribution in [2.24, 2.45) is 0 Å². The minimum atomic E-state index is -0.434. The summed E-state index contributed by atoms with van der Waals surface area (Å²) in [5, 5.41) is 15.1. The molecule has 0 radical (unpaired) electrons. The third-order valence-electron chi connectivity index (χ3n) is 6.13. The van der Waals surface area contributed by atoms with Crippen LogP contribution in [0.25, 0.3) is 28.0 Å². The number of aryl methyl sites for hydroxylation is 3. The Labute approximate surface area is 219 Å². The highest BCUT2D eigenvalue weighted by Crippen LogP contribution is 2.25. The van der Waals surface area contributed by atoms with Crippen molar-refractivity contribution in [3.05, 3.63) is 89.2 Å². The summed E-state index contributed by atoms with van der Waals surface area (Å²) in [7, 11) is 1.62. The molecule has 186 valence electrons. The molecule has 0 aliphatic carbocycles. The summed E-state index contributed by atoms with van der Waals surface area (Å²) < 4.78 is 11.0. The van der Waals surface area contributed by atoms with E-state index < -0.39 is 5.91 Å². The van der Waals surface area contributed by atoms with Gasteiger partial charge in [0.05, 0.1) is 12.8 Å². The lowest BCUT2D eigenvalue weighted by atomic mass is 10.1. The molecule has 0 aliphatic rings. The maximum absolute atomic E-state index is 12.7. The summed E-state index contributed by atoms with van der Waals surface area (Å²) in [6.07, 6.45) is 0. The number of carbonyl (C=O) groups excluding carboxylic acids is 1. The van der Waals surface area contributed by atoms with Crippen molar-refractivity contribution in [1.82, 2.24) is 20.3 Å². The molecule has 0 unspecified atom stereocenters. The molecule has 0 saturated heterocycles. The van der Waals surface area contributed by atoms with Gasteiger partial charge in [0.2, 0.25) is 0 Å². The number of methoxy groups -OCH3 is 1. The van der Waals surface area contributed by atoms with E-state index in [-0.39, 0.29) is 10.9 Å². The van der Waals surface area contributed by atoms with Crippen LogP contribution in [0.1, 0.15) is 27.2 Å². The number of nitrogens with one attached hydrogen (secondary N) is 2. The van der Waals surface area contributed by atoms with Crippen LogP contribution in [0.3, 0.4) is 0 Å². The van der Waals surface area contributed by atoms with Gasteiger partial charge in [0, 0.05) is 11.3 Å². The van der Waals surface area contributed by atoms with Crippen molar-refractivity contribution in [3.8, 4) is 22.8 Å². The fourth-order valence-corrected chi connectivity index (χ4v) is 4.06. The summed E-state index contributed by atoms with van der Waals surface area (Å²) in [4.78, 5) is 14.3. The number of amides is 1. The van der Waals surface area contributed by atoms with E-state index in [1.54, 1.807) is 24.0 Å². The average Bonchev–Trinajstić information content (AvgIpc) is 3.53. The van der Waals surface area contributed by atoms with Crippen molar-refractivity contribution in [3.63, 3.8) is 0 Å². The molecular formula is C28H25N5O3S. The second-order valence-electron chi connectivity index (χ2n) is 8.71. The quantitative estimate of drug-likeness (QED) is 0.291. The van der Waals surface area contributed by atoms with Crippen LogP contribution in [0.5, 0.6) is 5.75 Å². The Morgan fingerprint density at radius 3 is 2.32 bits per heavy atom. The van der Waals surface area contributed by atoms with Gasteiger partial charge in [-0.05, 0) is 104 Å². The number of thiocarbonyl (C=S) groups is 1. The zero-order valence-electron chi connectivity index (χ0n) is 20.8. The Bertz CT molecular complexity index is 1640. The molecule has 0 fully saturated rings. The molecule has 2 heterocycles. The number of rotatable bonds is 5. The number of hydrogen-bond donors (Lipinski definition) is 2. The first kappa shape index (κ1) is 24.2. The number of ether oxygens (including phenoxy) is 1. The fourth-order valence-electron chi connectivity index (χ4n) is 3.86. The van der Waals surface area contributed by atoms with Crippen LogP contribution in [0.15, 0.2) is 71.1 Å². The van der Waals surface area contributed by atoms with E-state index in [1.807, 2.05) is 68.4 Å². The van der Waals surface area contributed by atoms with Gasteiger partial charge in [-0.3, -0.25) is 10.1 Å². The Morgan fingerprint density at radius 2 is 1.62 bits per heavy atom. The predicted octanol–water partition coefficient (Wildman–Crippen LogP) is 5.74. The van der Waals surface area contributed by atoms with Crippen LogP contribution in [-0.4, -0.2) is 33.1 Å². The van der Waals surface area contributed by atoms with E-state index in [9.17, 15) is 4.79 Å². The molecule has 0 bridgehead atoms. The van der Waals surface area contributed by atoms with E-state index in [1.165, 1.54) is 5.56 Å². The van der Waals surface area contributed by atoms with Crippen molar-refractivity contribution >= 4 is 40.0 Å². The molecular weight excluding hydrogens is 486 g/mol. The largest absolute Gasteiger partial charge is 0.497 e. The van der Waals surface area contributed by atoms with Crippen LogP contribution in [0, 0.1) is 20.8 Å². The number of hydrogen-bond acceptors (Lipinski definition) is 6. The van der Waals surface area contributed by atoms with Crippen molar-refractivity contribution in [2.45, 2.75) is 20.8 Å². The zero-order valence-corrected chi connectivity index (χ0v) is 21.6. The highest BCUT2D eigenvalue weighted by Gasteiger charge is 2.15. The van der Waals surface area contributed by atoms with Gasteiger partial charge in [0.1, 0.15) is 22.5 Å². The first-order valence-corrected chi connectivity index (χ1v) is 12.0. The standard InChI is InChI=1S/C28H25N5O3S/c1-16-5-6-19(13-17(16)2)25-11-12-26(36-25)27(34)30-28(37)29-22-15-24-23(14-18(22)3)31-33(32-24)20-7-9-21(35-4)10-8-20/h5-15H,1-4H3,(H2,29,30,34,37). The maximum Gasteiger partial charge on any atom is 0.293 e. The molecule has 0 atom stereocenters. The van der Waals surface area contributed by atoms with Gasteiger partial charge in [-0.15, -0.1) is 10.2 Å². The van der Waals surface area contributed by atoms with E-state index in [0.717, 1.165) is 39.3 Å². The maximum atomic E-state index is 12.7. The van der Waals surface area contributed by atoms with Crippen LogP contribution < -0.4 is 15.4 Å². The lowest BCUT2D eigenvalue weighted by Crippen LogP contribution is -2.34. The molecule has 9 heteroatoms. The van der Waals surface area contributed by atoms with Gasteiger partial charge in [0.15, 0.2) is 10.9 Å². The van der Waals surface area contributed by atoms with Crippen molar-refractivity contribution in [1.29, 1.82) is 0 Å². The predicted molar refractivity (Wildman–Crippen MR) is 147 cm³/mol. The van der Waals surface area contributed by atoms with Crippen LogP contribution >= 0.6 is 12.2 Å². The minimum Gasteiger partial charge on any atom is -0.497 e. The second-order valence-corrected chi connectivity index (χ2v) is 9.12. The van der Waals surface area contributed by atoms with Gasteiger partial charge in [-0.2, -0.15) is 4.80 Å². The lowest BCUT2D eigenvalue weighted by Gasteiger charge is -2.11. The molecule has 8 nitrogen and oxygen atoms in total. The van der Waals surface area contributed by atoms with Gasteiger partial charge in [0.25, 0.3) is 5.91 Å². The van der Waals surface area contributed by atoms with Crippen molar-refractivity contribution < 1.29 is 13.9 Å². The number of nitrogens with zero attached hydrogens (tertiary/aromatic N) is 3. The number of aromatic nitrogens is 3. The molecule has 3 aromatic carbocycles. The van der Waals surface area contributed by atoms with Crippen LogP contribution in [-0.2, 0) is 0 Å². The molecule has 2 N–H and O–H groups in total. The normalized spacial score (nSPS) is 10.9. The Hall–Kier alpha value is -4.50. The summed E-state index contributed by atoms with van der Waals surface area (Å²) in [6.45, 7) is 6.02. The minimum absolute atomic E-state index is 0.152. The first-order chi connectivity index (χ1) is 17.8. The van der Waals surface area contributed by atoms with E-state index in [2.05, 4.69) is 27.8 Å². The molecule has 2 aromatic heterocycles. The molecule has 0 aliphatic heterocycles. The van der Waals surface area contributed by atoms with E-state index >= 15 is 0 Å². The topological polar surface area (TPSA) is 94.2 Å². The van der Waals surface area contributed by atoms with Crippen LogP contribution in [0.2, 0.25) is 0 Å². The summed E-state index contributed by atoms with van der Waals surface area (Å²) in [5.41, 5.74) is 7.12. The number of fused-ring (bicyclic) bond motifs is 1. The van der Waals surface area contributed by atoms with Crippen molar-refractivity contribution in [2.75, 3.05) is 12.4 Å². The molecule has 0 saturated carbocycles.